The maximum Gasteiger partial charge on any atom is 0.0416 e. The summed E-state index contributed by atoms with van der Waals surface area (Å²) in [4.78, 5) is 2.58. The Morgan fingerprint density at radius 3 is 2.95 bits per heavy atom. The fourth-order valence-electron chi connectivity index (χ4n) is 2.82. The van der Waals surface area contributed by atoms with Crippen LogP contribution in [-0.4, -0.2) is 30.6 Å². The summed E-state index contributed by atoms with van der Waals surface area (Å²) in [7, 11) is 0. The molecular weight excluding hydrogens is 344 g/mol. The predicted octanol–water partition coefficient (Wildman–Crippen LogP) is 4.84. The van der Waals surface area contributed by atoms with Crippen LogP contribution in [0.1, 0.15) is 45.2 Å². The lowest BCUT2D eigenvalue weighted by atomic mass is 10.0. The van der Waals surface area contributed by atoms with Gasteiger partial charge in [-0.1, -0.05) is 29.8 Å². The Balaban J connectivity index is 2.21. The van der Waals surface area contributed by atoms with Crippen LogP contribution in [-0.2, 0) is 0 Å². The minimum absolute atomic E-state index is 0.395. The van der Waals surface area contributed by atoms with E-state index >= 15 is 0 Å². The molecule has 0 amide bonds. The van der Waals surface area contributed by atoms with Gasteiger partial charge in [0.25, 0.3) is 0 Å². The van der Waals surface area contributed by atoms with Crippen LogP contribution >= 0.6 is 27.7 Å². The zero-order chi connectivity index (χ0) is 15.2. The third kappa shape index (κ3) is 4.64. The van der Waals surface area contributed by atoms with Crippen LogP contribution in [0.15, 0.2) is 22.7 Å². The number of halogens is 1. The van der Waals surface area contributed by atoms with Crippen LogP contribution in [0.4, 0.5) is 5.69 Å². The third-order valence-corrected chi connectivity index (χ3v) is 5.96. The van der Waals surface area contributed by atoms with Crippen molar-refractivity contribution in [1.29, 1.82) is 0 Å². The Kier molecular flexibility index (Phi) is 6.90. The molecule has 0 bridgehead atoms. The van der Waals surface area contributed by atoms with Gasteiger partial charge in [-0.2, -0.15) is 11.8 Å². The minimum Gasteiger partial charge on any atom is -0.369 e. The number of benzene rings is 1. The van der Waals surface area contributed by atoms with Gasteiger partial charge in [-0.05, 0) is 50.1 Å². The van der Waals surface area contributed by atoms with Crippen molar-refractivity contribution in [1.82, 2.24) is 5.32 Å². The van der Waals surface area contributed by atoms with Gasteiger partial charge in [-0.3, -0.25) is 0 Å². The van der Waals surface area contributed by atoms with Crippen molar-refractivity contribution in [2.45, 2.75) is 44.9 Å². The second-order valence-corrected chi connectivity index (χ2v) is 8.05. The molecule has 0 spiro atoms. The molecule has 1 N–H and O–H groups in total. The van der Waals surface area contributed by atoms with E-state index in [1.165, 1.54) is 40.9 Å². The largest absolute Gasteiger partial charge is 0.369 e. The second kappa shape index (κ2) is 8.44. The van der Waals surface area contributed by atoms with Gasteiger partial charge in [0.2, 0.25) is 0 Å². The van der Waals surface area contributed by atoms with Crippen LogP contribution < -0.4 is 10.2 Å². The van der Waals surface area contributed by atoms with E-state index in [0.717, 1.165) is 18.3 Å². The minimum atomic E-state index is 0.395. The van der Waals surface area contributed by atoms with E-state index in [-0.39, 0.29) is 0 Å². The van der Waals surface area contributed by atoms with Crippen molar-refractivity contribution in [2.75, 3.05) is 30.3 Å². The summed E-state index contributed by atoms with van der Waals surface area (Å²) in [6.45, 7) is 10.2. The van der Waals surface area contributed by atoms with Crippen LogP contribution in [0.5, 0.6) is 0 Å². The van der Waals surface area contributed by atoms with Crippen LogP contribution in [0.25, 0.3) is 0 Å². The van der Waals surface area contributed by atoms with E-state index in [4.69, 9.17) is 0 Å². The molecule has 2 atom stereocenters. The maximum absolute atomic E-state index is 3.63. The van der Waals surface area contributed by atoms with Crippen molar-refractivity contribution in [3.05, 3.63) is 28.2 Å². The van der Waals surface area contributed by atoms with Crippen LogP contribution in [0, 0.1) is 0 Å². The highest BCUT2D eigenvalue weighted by Gasteiger charge is 2.22. The molecule has 1 aromatic rings. The molecule has 1 heterocycles. The number of anilines is 1. The van der Waals surface area contributed by atoms with Gasteiger partial charge in [-0.15, -0.1) is 0 Å². The average molecular weight is 371 g/mol. The first kappa shape index (κ1) is 17.2. The quantitative estimate of drug-likeness (QED) is 0.770. The number of thioether (sulfide) groups is 1. The molecule has 0 radical (unpaired) electrons. The topological polar surface area (TPSA) is 15.3 Å². The molecule has 2 nitrogen and oxygen atoms in total. The molecule has 1 saturated heterocycles. The lowest BCUT2D eigenvalue weighted by Gasteiger charge is -2.36. The highest BCUT2D eigenvalue weighted by molar-refractivity contribution is 9.10. The molecule has 2 rings (SSSR count). The first-order chi connectivity index (χ1) is 10.2. The lowest BCUT2D eigenvalue weighted by molar-refractivity contribution is 0.568. The Hall–Kier alpha value is -0.190. The van der Waals surface area contributed by atoms with E-state index < -0.39 is 0 Å². The maximum atomic E-state index is 3.63. The van der Waals surface area contributed by atoms with Crippen molar-refractivity contribution < 1.29 is 0 Å². The molecule has 4 heteroatoms. The average Bonchev–Trinajstić information content (AvgIpc) is 2.52. The van der Waals surface area contributed by atoms with Gasteiger partial charge in [0.15, 0.2) is 0 Å². The molecular formula is C17H27BrN2S. The summed E-state index contributed by atoms with van der Waals surface area (Å²) in [5.41, 5.74) is 2.83. The van der Waals surface area contributed by atoms with Gasteiger partial charge in [0.1, 0.15) is 0 Å². The number of hydrogen-bond acceptors (Lipinski definition) is 3. The fraction of sp³-hybridized carbons (Fsp3) is 0.647. The van der Waals surface area contributed by atoms with Crippen molar-refractivity contribution in [2.24, 2.45) is 0 Å². The molecule has 0 aromatic heterocycles. The van der Waals surface area contributed by atoms with E-state index in [0.29, 0.717) is 6.04 Å². The Labute approximate surface area is 142 Å². The van der Waals surface area contributed by atoms with Gasteiger partial charge in [0.05, 0.1) is 0 Å². The van der Waals surface area contributed by atoms with E-state index in [1.807, 2.05) is 0 Å². The van der Waals surface area contributed by atoms with E-state index in [9.17, 15) is 0 Å². The van der Waals surface area contributed by atoms with Crippen molar-refractivity contribution in [3.63, 3.8) is 0 Å². The molecule has 1 aliphatic heterocycles. The number of rotatable bonds is 6. The van der Waals surface area contributed by atoms with Gasteiger partial charge in [-0.25, -0.2) is 0 Å². The first-order valence-electron chi connectivity index (χ1n) is 8.05. The summed E-state index contributed by atoms with van der Waals surface area (Å²) in [6, 6.07) is 7.14. The molecule has 21 heavy (non-hydrogen) atoms. The number of nitrogens with zero attached hydrogens (tertiary/aromatic N) is 1. The van der Waals surface area contributed by atoms with Gasteiger partial charge >= 0.3 is 0 Å². The van der Waals surface area contributed by atoms with Crippen LogP contribution in [0.3, 0.4) is 0 Å². The molecule has 1 fully saturated rings. The summed E-state index contributed by atoms with van der Waals surface area (Å²) in [6.07, 6.45) is 2.43. The zero-order valence-corrected chi connectivity index (χ0v) is 15.8. The van der Waals surface area contributed by atoms with E-state index in [2.05, 4.69) is 76.9 Å². The zero-order valence-electron chi connectivity index (χ0n) is 13.4. The fourth-order valence-corrected chi connectivity index (χ4v) is 4.38. The van der Waals surface area contributed by atoms with Crippen molar-refractivity contribution in [3.8, 4) is 0 Å². The second-order valence-electron chi connectivity index (χ2n) is 5.73. The third-order valence-electron chi connectivity index (χ3n) is 4.09. The molecule has 0 saturated carbocycles. The first-order valence-corrected chi connectivity index (χ1v) is 9.89. The number of nitrogens with one attached hydrogen (secondary N) is 1. The molecule has 1 aromatic carbocycles. The highest BCUT2D eigenvalue weighted by atomic mass is 79.9. The Morgan fingerprint density at radius 2 is 2.24 bits per heavy atom. The standard InChI is InChI=1S/C17H27BrN2S/c1-4-8-19-13(3)16-11-14(18)6-7-17(16)20-9-10-21-15(5-2)12-20/h6-7,11,13,15,19H,4-5,8-10,12H2,1-3H3. The van der Waals surface area contributed by atoms with E-state index in [1.54, 1.807) is 0 Å². The molecule has 1 aliphatic rings. The summed E-state index contributed by atoms with van der Waals surface area (Å²) in [5.74, 6) is 1.24. The summed E-state index contributed by atoms with van der Waals surface area (Å²) >= 11 is 5.76. The highest BCUT2D eigenvalue weighted by Crippen LogP contribution is 2.33. The Bertz CT molecular complexity index is 452. The SMILES string of the molecule is CCCNC(C)c1cc(Br)ccc1N1CCSC(CC)C1. The smallest absolute Gasteiger partial charge is 0.0416 e. The monoisotopic (exact) mass is 370 g/mol. The molecule has 2 unspecified atom stereocenters. The summed E-state index contributed by atoms with van der Waals surface area (Å²) in [5, 5.41) is 4.40. The summed E-state index contributed by atoms with van der Waals surface area (Å²) < 4.78 is 1.17. The van der Waals surface area contributed by atoms with Crippen LogP contribution in [0.2, 0.25) is 0 Å². The van der Waals surface area contributed by atoms with Gasteiger partial charge in [0, 0.05) is 40.3 Å². The van der Waals surface area contributed by atoms with Crippen molar-refractivity contribution >= 4 is 33.4 Å². The lowest BCUT2D eigenvalue weighted by Crippen LogP contribution is -2.38. The van der Waals surface area contributed by atoms with Gasteiger partial charge < -0.3 is 10.2 Å². The Morgan fingerprint density at radius 1 is 1.43 bits per heavy atom. The molecule has 0 aliphatic carbocycles. The predicted molar refractivity (Wildman–Crippen MR) is 99.6 cm³/mol. The normalized spacial score (nSPS) is 20.6. The number of hydrogen-bond donors (Lipinski definition) is 1. The molecule has 118 valence electrons.